The van der Waals surface area contributed by atoms with Crippen molar-refractivity contribution in [1.29, 1.82) is 0 Å². The SMILES string of the molecule is CC(=O)c1ccccc1NC(=O)C[NH+]1CCC[C@@H](C)C1. The average Bonchev–Trinajstić information content (AvgIpc) is 2.38. The van der Waals surface area contributed by atoms with Gasteiger partial charge in [0, 0.05) is 11.5 Å². The molecule has 0 radical (unpaired) electrons. The van der Waals surface area contributed by atoms with Crippen molar-refractivity contribution >= 4 is 17.4 Å². The zero-order chi connectivity index (χ0) is 14.5. The van der Waals surface area contributed by atoms with Gasteiger partial charge >= 0.3 is 0 Å². The van der Waals surface area contributed by atoms with Crippen molar-refractivity contribution in [1.82, 2.24) is 0 Å². The van der Waals surface area contributed by atoms with Crippen molar-refractivity contribution in [3.05, 3.63) is 29.8 Å². The van der Waals surface area contributed by atoms with Crippen molar-refractivity contribution < 1.29 is 14.5 Å². The van der Waals surface area contributed by atoms with Gasteiger partial charge in [0.2, 0.25) is 0 Å². The average molecular weight is 275 g/mol. The molecular formula is C16H23N2O2+. The molecular weight excluding hydrogens is 252 g/mol. The second-order valence-corrected chi connectivity index (χ2v) is 5.78. The Labute approximate surface area is 120 Å². The van der Waals surface area contributed by atoms with E-state index in [1.165, 1.54) is 24.7 Å². The van der Waals surface area contributed by atoms with Gasteiger partial charge in [-0.3, -0.25) is 9.59 Å². The van der Waals surface area contributed by atoms with Gasteiger partial charge in [-0.15, -0.1) is 0 Å². The third-order valence-corrected chi connectivity index (χ3v) is 3.86. The number of rotatable bonds is 4. The third kappa shape index (κ3) is 3.90. The molecule has 2 rings (SSSR count). The van der Waals surface area contributed by atoms with Gasteiger partial charge in [0.25, 0.3) is 5.91 Å². The summed E-state index contributed by atoms with van der Waals surface area (Å²) < 4.78 is 0. The number of hydrogen-bond acceptors (Lipinski definition) is 2. The molecule has 0 saturated carbocycles. The van der Waals surface area contributed by atoms with E-state index in [0.29, 0.717) is 23.7 Å². The van der Waals surface area contributed by atoms with Crippen LogP contribution in [0, 0.1) is 5.92 Å². The van der Waals surface area contributed by atoms with Gasteiger partial charge in [0.1, 0.15) is 0 Å². The predicted octanol–water partition coefficient (Wildman–Crippen LogP) is 1.14. The minimum absolute atomic E-state index is 0.0113. The maximum absolute atomic E-state index is 12.1. The van der Waals surface area contributed by atoms with E-state index in [1.807, 2.05) is 12.1 Å². The second kappa shape index (κ2) is 6.66. The van der Waals surface area contributed by atoms with Crippen molar-refractivity contribution in [3.63, 3.8) is 0 Å². The van der Waals surface area contributed by atoms with Crippen LogP contribution >= 0.6 is 0 Å². The van der Waals surface area contributed by atoms with Gasteiger partial charge in [0.05, 0.1) is 18.8 Å². The van der Waals surface area contributed by atoms with Crippen LogP contribution in [0.25, 0.3) is 0 Å². The van der Waals surface area contributed by atoms with Gasteiger partial charge in [-0.25, -0.2) is 0 Å². The molecule has 4 heteroatoms. The molecule has 1 heterocycles. The van der Waals surface area contributed by atoms with Crippen molar-refractivity contribution in [2.24, 2.45) is 5.92 Å². The van der Waals surface area contributed by atoms with Crippen LogP contribution in [0.4, 0.5) is 5.69 Å². The molecule has 1 fully saturated rings. The fourth-order valence-electron chi connectivity index (χ4n) is 2.88. The third-order valence-electron chi connectivity index (χ3n) is 3.86. The summed E-state index contributed by atoms with van der Waals surface area (Å²) in [5.41, 5.74) is 1.19. The number of para-hydroxylation sites is 1. The standard InChI is InChI=1S/C16H22N2O2/c1-12-6-5-9-18(10-12)11-16(20)17-15-8-4-3-7-14(15)13(2)19/h3-4,7-8,12H,5-6,9-11H2,1-2H3,(H,17,20)/p+1/t12-/m1/s1. The normalized spacial score (nSPS) is 22.3. The Morgan fingerprint density at radius 3 is 2.80 bits per heavy atom. The van der Waals surface area contributed by atoms with E-state index >= 15 is 0 Å². The zero-order valence-electron chi connectivity index (χ0n) is 12.2. The van der Waals surface area contributed by atoms with Gasteiger partial charge < -0.3 is 10.2 Å². The van der Waals surface area contributed by atoms with Gasteiger partial charge in [-0.05, 0) is 31.9 Å². The minimum atomic E-state index is -0.0279. The van der Waals surface area contributed by atoms with E-state index < -0.39 is 0 Å². The lowest BCUT2D eigenvalue weighted by molar-refractivity contribution is -0.900. The van der Waals surface area contributed by atoms with Crippen LogP contribution in [0.3, 0.4) is 0 Å². The first-order valence-electron chi connectivity index (χ1n) is 7.29. The highest BCUT2D eigenvalue weighted by Gasteiger charge is 2.22. The number of quaternary nitrogens is 1. The number of carbonyl (C=O) groups excluding carboxylic acids is 2. The molecule has 1 aromatic rings. The number of carbonyl (C=O) groups is 2. The molecule has 1 saturated heterocycles. The van der Waals surface area contributed by atoms with Crippen LogP contribution in [0.15, 0.2) is 24.3 Å². The van der Waals surface area contributed by atoms with Gasteiger partial charge in [-0.2, -0.15) is 0 Å². The van der Waals surface area contributed by atoms with Gasteiger partial charge in [-0.1, -0.05) is 19.1 Å². The molecule has 20 heavy (non-hydrogen) atoms. The zero-order valence-corrected chi connectivity index (χ0v) is 12.2. The summed E-state index contributed by atoms with van der Waals surface area (Å²) in [7, 11) is 0. The first-order valence-corrected chi connectivity index (χ1v) is 7.29. The minimum Gasteiger partial charge on any atom is -0.327 e. The number of amides is 1. The molecule has 4 nitrogen and oxygen atoms in total. The summed E-state index contributed by atoms with van der Waals surface area (Å²) >= 11 is 0. The highest BCUT2D eigenvalue weighted by atomic mass is 16.2. The van der Waals surface area contributed by atoms with Crippen LogP contribution in [0.5, 0.6) is 0 Å². The molecule has 1 unspecified atom stereocenters. The summed E-state index contributed by atoms with van der Waals surface area (Å²) in [6.45, 7) is 6.36. The summed E-state index contributed by atoms with van der Waals surface area (Å²) in [6, 6.07) is 7.17. The smallest absolute Gasteiger partial charge is 0.279 e. The Morgan fingerprint density at radius 2 is 2.10 bits per heavy atom. The largest absolute Gasteiger partial charge is 0.327 e. The molecule has 1 aromatic carbocycles. The number of likely N-dealkylation sites (tertiary alicyclic amines) is 1. The van der Waals surface area contributed by atoms with Crippen LogP contribution in [0.2, 0.25) is 0 Å². The van der Waals surface area contributed by atoms with E-state index in [0.717, 1.165) is 13.1 Å². The summed E-state index contributed by atoms with van der Waals surface area (Å²) in [5, 5.41) is 2.87. The van der Waals surface area contributed by atoms with E-state index in [1.54, 1.807) is 12.1 Å². The Kier molecular flexibility index (Phi) is 4.90. The summed E-state index contributed by atoms with van der Waals surface area (Å²) in [6.07, 6.45) is 2.45. The molecule has 2 atom stereocenters. The monoisotopic (exact) mass is 275 g/mol. The Morgan fingerprint density at radius 1 is 1.35 bits per heavy atom. The number of Topliss-reactive ketones (excluding diaryl/α,β-unsaturated/α-hetero) is 1. The van der Waals surface area contributed by atoms with Crippen LogP contribution < -0.4 is 10.2 Å². The number of nitrogens with one attached hydrogen (secondary N) is 2. The number of benzene rings is 1. The lowest BCUT2D eigenvalue weighted by atomic mass is 10.0. The maximum atomic E-state index is 12.1. The van der Waals surface area contributed by atoms with E-state index in [9.17, 15) is 9.59 Å². The van der Waals surface area contributed by atoms with Gasteiger partial charge in [0.15, 0.2) is 12.3 Å². The highest BCUT2D eigenvalue weighted by molar-refractivity contribution is 6.03. The van der Waals surface area contributed by atoms with Crippen molar-refractivity contribution in [2.45, 2.75) is 26.7 Å². The van der Waals surface area contributed by atoms with Crippen molar-refractivity contribution in [3.8, 4) is 0 Å². The Bertz CT molecular complexity index is 499. The molecule has 0 spiro atoms. The number of anilines is 1. The van der Waals surface area contributed by atoms with Crippen LogP contribution in [-0.4, -0.2) is 31.3 Å². The predicted molar refractivity (Wildman–Crippen MR) is 79.0 cm³/mol. The molecule has 1 aliphatic rings. The topological polar surface area (TPSA) is 50.6 Å². The fraction of sp³-hybridized carbons (Fsp3) is 0.500. The van der Waals surface area contributed by atoms with E-state index in [4.69, 9.17) is 0 Å². The maximum Gasteiger partial charge on any atom is 0.279 e. The first kappa shape index (κ1) is 14.7. The van der Waals surface area contributed by atoms with Crippen molar-refractivity contribution in [2.75, 3.05) is 25.0 Å². The first-order chi connectivity index (χ1) is 9.56. The van der Waals surface area contributed by atoms with Crippen LogP contribution in [-0.2, 0) is 4.79 Å². The number of piperidine rings is 1. The molecule has 2 N–H and O–H groups in total. The number of ketones is 1. The summed E-state index contributed by atoms with van der Waals surface area (Å²) in [4.78, 5) is 25.0. The molecule has 1 aliphatic heterocycles. The number of hydrogen-bond donors (Lipinski definition) is 2. The molecule has 1 amide bonds. The Hall–Kier alpha value is -1.68. The molecule has 0 bridgehead atoms. The Balaban J connectivity index is 1.96. The fourth-order valence-corrected chi connectivity index (χ4v) is 2.88. The molecule has 108 valence electrons. The van der Waals surface area contributed by atoms with E-state index in [-0.39, 0.29) is 11.7 Å². The van der Waals surface area contributed by atoms with E-state index in [2.05, 4.69) is 12.2 Å². The summed E-state index contributed by atoms with van der Waals surface area (Å²) in [5.74, 6) is 0.652. The molecule has 0 aliphatic carbocycles. The quantitative estimate of drug-likeness (QED) is 0.810. The lowest BCUT2D eigenvalue weighted by Crippen LogP contribution is -3.14. The second-order valence-electron chi connectivity index (χ2n) is 5.78. The molecule has 0 aromatic heterocycles. The van der Waals surface area contributed by atoms with Crippen LogP contribution in [0.1, 0.15) is 37.0 Å². The highest BCUT2D eigenvalue weighted by Crippen LogP contribution is 2.15. The lowest BCUT2D eigenvalue weighted by Gasteiger charge is -2.27.